The predicted octanol–water partition coefficient (Wildman–Crippen LogP) is 4.41. The van der Waals surface area contributed by atoms with E-state index in [0.29, 0.717) is 16.1 Å². The van der Waals surface area contributed by atoms with Crippen LogP contribution in [0.5, 0.6) is 0 Å². The maximum atomic E-state index is 11.8. The fourth-order valence-corrected chi connectivity index (χ4v) is 1.83. The summed E-state index contributed by atoms with van der Waals surface area (Å²) < 4.78 is 0. The van der Waals surface area contributed by atoms with Gasteiger partial charge in [0.25, 0.3) is 0 Å². The highest BCUT2D eigenvalue weighted by molar-refractivity contribution is 6.30. The summed E-state index contributed by atoms with van der Waals surface area (Å²) in [5.74, 6) is -0.849. The van der Waals surface area contributed by atoms with Gasteiger partial charge in [-0.1, -0.05) is 41.9 Å². The van der Waals surface area contributed by atoms with Crippen molar-refractivity contribution in [2.75, 3.05) is 0 Å². The van der Waals surface area contributed by atoms with Crippen LogP contribution in [0.25, 0.3) is 11.5 Å². The summed E-state index contributed by atoms with van der Waals surface area (Å²) in [6.07, 6.45) is 2.10. The van der Waals surface area contributed by atoms with Crippen molar-refractivity contribution in [3.8, 4) is 0 Å². The van der Waals surface area contributed by atoms with Crippen molar-refractivity contribution in [3.63, 3.8) is 0 Å². The van der Waals surface area contributed by atoms with Gasteiger partial charge in [-0.3, -0.25) is 4.79 Å². The highest BCUT2D eigenvalue weighted by Crippen LogP contribution is 2.16. The minimum atomic E-state index is -0.510. The molecule has 21 heavy (non-hydrogen) atoms. The van der Waals surface area contributed by atoms with E-state index in [0.717, 1.165) is 12.2 Å². The van der Waals surface area contributed by atoms with E-state index in [2.05, 4.69) is 0 Å². The van der Waals surface area contributed by atoms with Gasteiger partial charge in [-0.25, -0.2) is 0 Å². The Labute approximate surface area is 127 Å². The summed E-state index contributed by atoms with van der Waals surface area (Å²) in [7, 11) is 0. The molecule has 0 fully saturated rings. The molecule has 0 heterocycles. The maximum absolute atomic E-state index is 11.8. The number of aliphatic hydroxyl groups is 2. The second-order valence-electron chi connectivity index (χ2n) is 4.33. The van der Waals surface area contributed by atoms with Crippen LogP contribution >= 0.6 is 11.6 Å². The maximum Gasteiger partial charge on any atom is 0.186 e. The van der Waals surface area contributed by atoms with Crippen molar-refractivity contribution in [2.24, 2.45) is 0 Å². The van der Waals surface area contributed by atoms with E-state index in [4.69, 9.17) is 11.6 Å². The third-order valence-corrected chi connectivity index (χ3v) is 3.02. The zero-order valence-corrected chi connectivity index (χ0v) is 11.8. The minimum absolute atomic E-state index is 0.152. The average Bonchev–Trinajstić information content (AvgIpc) is 2.48. The predicted molar refractivity (Wildman–Crippen MR) is 84.1 cm³/mol. The first-order valence-corrected chi connectivity index (χ1v) is 6.61. The Morgan fingerprint density at radius 1 is 0.810 bits per heavy atom. The second-order valence-corrected chi connectivity index (χ2v) is 4.77. The monoisotopic (exact) mass is 300 g/mol. The van der Waals surface area contributed by atoms with Crippen molar-refractivity contribution < 1.29 is 15.0 Å². The molecular weight excluding hydrogens is 288 g/mol. The van der Waals surface area contributed by atoms with Gasteiger partial charge < -0.3 is 10.2 Å². The van der Waals surface area contributed by atoms with E-state index >= 15 is 0 Å². The molecule has 0 aliphatic rings. The molecule has 106 valence electrons. The summed E-state index contributed by atoms with van der Waals surface area (Å²) in [6.45, 7) is 0. The lowest BCUT2D eigenvalue weighted by Gasteiger charge is -2.00. The van der Waals surface area contributed by atoms with E-state index in [9.17, 15) is 15.0 Å². The summed E-state index contributed by atoms with van der Waals surface area (Å²) >= 11 is 5.75. The third-order valence-electron chi connectivity index (χ3n) is 2.77. The number of carbonyl (C=O) groups excluding carboxylic acids is 1. The number of benzene rings is 2. The number of rotatable bonds is 4. The topological polar surface area (TPSA) is 57.5 Å². The van der Waals surface area contributed by atoms with Crippen molar-refractivity contribution in [2.45, 2.75) is 0 Å². The number of ketones is 1. The molecule has 2 N–H and O–H groups in total. The summed E-state index contributed by atoms with van der Waals surface area (Å²) in [6, 6.07) is 15.1. The highest BCUT2D eigenvalue weighted by atomic mass is 35.5. The standard InChI is InChI=1S/C17H13ClO3/c18-14-8-6-13(7-9-14)17(21)11-15(19)10-16(20)12-4-2-1-3-5-12/h1-11,20-21H/b16-10+,17-11-. The molecule has 0 amide bonds. The minimum Gasteiger partial charge on any atom is -0.507 e. The van der Waals surface area contributed by atoms with Crippen molar-refractivity contribution >= 4 is 28.9 Å². The lowest BCUT2D eigenvalue weighted by Crippen LogP contribution is -1.93. The van der Waals surface area contributed by atoms with Crippen molar-refractivity contribution in [3.05, 3.63) is 82.9 Å². The highest BCUT2D eigenvalue weighted by Gasteiger charge is 2.04. The lowest BCUT2D eigenvalue weighted by atomic mass is 10.1. The molecule has 0 bridgehead atoms. The summed E-state index contributed by atoms with van der Waals surface area (Å²) in [4.78, 5) is 11.8. The molecule has 2 rings (SSSR count). The first kappa shape index (κ1) is 14.9. The van der Waals surface area contributed by atoms with Gasteiger partial charge in [-0.05, 0) is 24.3 Å². The van der Waals surface area contributed by atoms with Crippen LogP contribution in [-0.2, 0) is 4.79 Å². The molecule has 0 atom stereocenters. The quantitative estimate of drug-likeness (QED) is 0.649. The van der Waals surface area contributed by atoms with Gasteiger partial charge in [0.1, 0.15) is 11.5 Å². The van der Waals surface area contributed by atoms with Gasteiger partial charge in [0.05, 0.1) is 0 Å². The van der Waals surface area contributed by atoms with Crippen LogP contribution in [0.2, 0.25) is 5.02 Å². The van der Waals surface area contributed by atoms with E-state index in [1.54, 1.807) is 48.5 Å². The van der Waals surface area contributed by atoms with Crippen molar-refractivity contribution in [1.82, 2.24) is 0 Å². The Morgan fingerprint density at radius 3 is 1.81 bits per heavy atom. The Balaban J connectivity index is 2.17. The van der Waals surface area contributed by atoms with Gasteiger partial charge in [0, 0.05) is 28.3 Å². The van der Waals surface area contributed by atoms with Crippen LogP contribution in [0.1, 0.15) is 11.1 Å². The zero-order valence-electron chi connectivity index (χ0n) is 11.0. The van der Waals surface area contributed by atoms with E-state index < -0.39 is 5.78 Å². The van der Waals surface area contributed by atoms with Crippen LogP contribution in [0.4, 0.5) is 0 Å². The van der Waals surface area contributed by atoms with Crippen LogP contribution in [-0.4, -0.2) is 16.0 Å². The van der Waals surface area contributed by atoms with E-state index in [-0.39, 0.29) is 11.5 Å². The SMILES string of the molecule is O=C(/C=C(\O)c1ccc(Cl)cc1)/C=C(/O)c1ccccc1. The van der Waals surface area contributed by atoms with Crippen LogP contribution in [0.3, 0.4) is 0 Å². The molecule has 0 aliphatic carbocycles. The second kappa shape index (κ2) is 6.77. The smallest absolute Gasteiger partial charge is 0.186 e. The normalized spacial score (nSPS) is 12.2. The molecule has 2 aromatic rings. The van der Waals surface area contributed by atoms with Gasteiger partial charge >= 0.3 is 0 Å². The number of hydrogen-bond acceptors (Lipinski definition) is 3. The van der Waals surface area contributed by atoms with Gasteiger partial charge in [0.2, 0.25) is 0 Å². The van der Waals surface area contributed by atoms with Gasteiger partial charge in [-0.2, -0.15) is 0 Å². The molecule has 0 aromatic heterocycles. The third kappa shape index (κ3) is 4.23. The summed E-state index contributed by atoms with van der Waals surface area (Å²) in [5, 5.41) is 20.2. The zero-order chi connectivity index (χ0) is 15.2. The Morgan fingerprint density at radius 2 is 1.29 bits per heavy atom. The number of allylic oxidation sites excluding steroid dienone is 2. The van der Waals surface area contributed by atoms with Gasteiger partial charge in [-0.15, -0.1) is 0 Å². The van der Waals surface area contributed by atoms with E-state index in [1.807, 2.05) is 6.07 Å². The molecule has 4 heteroatoms. The largest absolute Gasteiger partial charge is 0.507 e. The molecule has 0 saturated carbocycles. The van der Waals surface area contributed by atoms with Crippen LogP contribution in [0.15, 0.2) is 66.7 Å². The fraction of sp³-hybridized carbons (Fsp3) is 0. The number of hydrogen-bond donors (Lipinski definition) is 2. The van der Waals surface area contributed by atoms with Crippen LogP contribution in [0, 0.1) is 0 Å². The fourth-order valence-electron chi connectivity index (χ4n) is 1.71. The molecule has 0 spiro atoms. The molecule has 3 nitrogen and oxygen atoms in total. The molecule has 0 aliphatic heterocycles. The Hall–Kier alpha value is -2.52. The van der Waals surface area contributed by atoms with Crippen LogP contribution < -0.4 is 0 Å². The molecule has 0 unspecified atom stereocenters. The Kier molecular flexibility index (Phi) is 4.80. The van der Waals surface area contributed by atoms with Crippen molar-refractivity contribution in [1.29, 1.82) is 0 Å². The first-order valence-electron chi connectivity index (χ1n) is 6.23. The lowest BCUT2D eigenvalue weighted by molar-refractivity contribution is -0.110. The van der Waals surface area contributed by atoms with Gasteiger partial charge in [0.15, 0.2) is 5.78 Å². The first-order chi connectivity index (χ1) is 10.1. The number of halogens is 1. The Bertz CT molecular complexity index is 686. The molecule has 0 saturated heterocycles. The average molecular weight is 301 g/mol. The number of carbonyl (C=O) groups is 1. The van der Waals surface area contributed by atoms with E-state index in [1.165, 1.54) is 0 Å². The number of aliphatic hydroxyl groups excluding tert-OH is 2. The summed E-state index contributed by atoms with van der Waals surface area (Å²) in [5.41, 5.74) is 1.01. The molecule has 0 radical (unpaired) electrons. The molecule has 2 aromatic carbocycles. The molecular formula is C17H13ClO3.